The fourth-order valence-electron chi connectivity index (χ4n) is 2.62. The summed E-state index contributed by atoms with van der Waals surface area (Å²) in [5.41, 5.74) is 5.65. The highest BCUT2D eigenvalue weighted by Gasteiger charge is 2.23. The summed E-state index contributed by atoms with van der Waals surface area (Å²) in [4.78, 5) is 15.0. The SMILES string of the molecule is NCC1CCN(C(=O)C=Cc2sc3ccccc3c2Cl)C1. The van der Waals surface area contributed by atoms with Crippen LogP contribution in [0.2, 0.25) is 5.02 Å². The molecule has 3 rings (SSSR count). The van der Waals surface area contributed by atoms with Crippen LogP contribution < -0.4 is 5.73 Å². The smallest absolute Gasteiger partial charge is 0.246 e. The number of thiophene rings is 1. The quantitative estimate of drug-likeness (QED) is 0.881. The van der Waals surface area contributed by atoms with Gasteiger partial charge in [-0.2, -0.15) is 0 Å². The summed E-state index contributed by atoms with van der Waals surface area (Å²) in [7, 11) is 0. The number of hydrogen-bond acceptors (Lipinski definition) is 3. The molecule has 3 nitrogen and oxygen atoms in total. The number of rotatable bonds is 3. The summed E-state index contributed by atoms with van der Waals surface area (Å²) in [5, 5.41) is 1.77. The number of amides is 1. The van der Waals surface area contributed by atoms with Gasteiger partial charge in [0.05, 0.1) is 5.02 Å². The molecule has 2 heterocycles. The molecule has 1 fully saturated rings. The first-order valence-electron chi connectivity index (χ1n) is 7.03. The van der Waals surface area contributed by atoms with Gasteiger partial charge in [-0.15, -0.1) is 11.3 Å². The molecule has 1 aromatic carbocycles. The molecule has 0 aliphatic carbocycles. The van der Waals surface area contributed by atoms with Crippen LogP contribution in [0.3, 0.4) is 0 Å². The lowest BCUT2D eigenvalue weighted by atomic mass is 10.1. The molecule has 0 radical (unpaired) electrons. The monoisotopic (exact) mass is 320 g/mol. The Kier molecular flexibility index (Phi) is 4.29. The third-order valence-electron chi connectivity index (χ3n) is 3.87. The van der Waals surface area contributed by atoms with Crippen molar-refractivity contribution in [1.82, 2.24) is 4.90 Å². The van der Waals surface area contributed by atoms with Gasteiger partial charge in [-0.1, -0.05) is 29.8 Å². The number of fused-ring (bicyclic) bond motifs is 1. The van der Waals surface area contributed by atoms with E-state index in [1.165, 1.54) is 0 Å². The summed E-state index contributed by atoms with van der Waals surface area (Å²) in [6.45, 7) is 2.21. The number of halogens is 1. The zero-order chi connectivity index (χ0) is 14.8. The van der Waals surface area contributed by atoms with Crippen LogP contribution in [0.15, 0.2) is 30.3 Å². The maximum Gasteiger partial charge on any atom is 0.246 e. The van der Waals surface area contributed by atoms with E-state index < -0.39 is 0 Å². The number of carbonyl (C=O) groups excluding carboxylic acids is 1. The van der Waals surface area contributed by atoms with Gasteiger partial charge in [-0.3, -0.25) is 4.79 Å². The molecule has 2 N–H and O–H groups in total. The van der Waals surface area contributed by atoms with Gasteiger partial charge in [0.1, 0.15) is 0 Å². The maximum atomic E-state index is 12.2. The first-order valence-corrected chi connectivity index (χ1v) is 8.22. The lowest BCUT2D eigenvalue weighted by Crippen LogP contribution is -2.28. The second kappa shape index (κ2) is 6.18. The van der Waals surface area contributed by atoms with Crippen molar-refractivity contribution in [1.29, 1.82) is 0 Å². The fourth-order valence-corrected chi connectivity index (χ4v) is 4.02. The van der Waals surface area contributed by atoms with Crippen molar-refractivity contribution < 1.29 is 4.79 Å². The normalized spacial score (nSPS) is 19.0. The Balaban J connectivity index is 1.75. The molecule has 21 heavy (non-hydrogen) atoms. The number of nitrogens with zero attached hydrogens (tertiary/aromatic N) is 1. The van der Waals surface area contributed by atoms with Crippen LogP contribution in [0.4, 0.5) is 0 Å². The number of carbonyl (C=O) groups is 1. The fraction of sp³-hybridized carbons (Fsp3) is 0.312. The molecule has 0 spiro atoms. The van der Waals surface area contributed by atoms with E-state index >= 15 is 0 Å². The van der Waals surface area contributed by atoms with Gasteiger partial charge in [-0.25, -0.2) is 0 Å². The van der Waals surface area contributed by atoms with Crippen molar-refractivity contribution in [2.45, 2.75) is 6.42 Å². The van der Waals surface area contributed by atoms with Crippen molar-refractivity contribution in [3.8, 4) is 0 Å². The first kappa shape index (κ1) is 14.6. The molecule has 1 aliphatic heterocycles. The topological polar surface area (TPSA) is 46.3 Å². The molecular formula is C16H17ClN2OS. The zero-order valence-electron chi connectivity index (χ0n) is 11.6. The van der Waals surface area contributed by atoms with Crippen LogP contribution in [0.1, 0.15) is 11.3 Å². The molecule has 1 aromatic heterocycles. The Morgan fingerprint density at radius 3 is 3.00 bits per heavy atom. The predicted octanol–water partition coefficient (Wildman–Crippen LogP) is 3.38. The summed E-state index contributed by atoms with van der Waals surface area (Å²) in [6.07, 6.45) is 4.44. The van der Waals surface area contributed by atoms with E-state index in [4.69, 9.17) is 17.3 Å². The zero-order valence-corrected chi connectivity index (χ0v) is 13.2. The van der Waals surface area contributed by atoms with Crippen LogP contribution in [0.5, 0.6) is 0 Å². The number of nitrogens with two attached hydrogens (primary N) is 1. The number of likely N-dealkylation sites (tertiary alicyclic amines) is 1. The van der Waals surface area contributed by atoms with E-state index in [0.29, 0.717) is 12.5 Å². The van der Waals surface area contributed by atoms with Gasteiger partial charge in [0, 0.05) is 34.1 Å². The lowest BCUT2D eigenvalue weighted by molar-refractivity contribution is -0.125. The summed E-state index contributed by atoms with van der Waals surface area (Å²) in [5.74, 6) is 0.481. The molecule has 1 atom stereocenters. The van der Waals surface area contributed by atoms with E-state index in [9.17, 15) is 4.79 Å². The van der Waals surface area contributed by atoms with Crippen LogP contribution >= 0.6 is 22.9 Å². The van der Waals surface area contributed by atoms with Crippen LogP contribution in [-0.2, 0) is 4.79 Å². The Morgan fingerprint density at radius 2 is 2.29 bits per heavy atom. The average Bonchev–Trinajstić information content (AvgIpc) is 3.10. The Labute approximate surface area is 133 Å². The van der Waals surface area contributed by atoms with Gasteiger partial charge in [0.2, 0.25) is 5.91 Å². The first-order chi connectivity index (χ1) is 10.2. The molecule has 1 unspecified atom stereocenters. The second-order valence-electron chi connectivity index (χ2n) is 5.28. The van der Waals surface area contributed by atoms with Gasteiger partial charge in [-0.05, 0) is 31.0 Å². The Morgan fingerprint density at radius 1 is 1.48 bits per heavy atom. The van der Waals surface area contributed by atoms with E-state index in [1.54, 1.807) is 17.4 Å². The van der Waals surface area contributed by atoms with Crippen molar-refractivity contribution in [3.05, 3.63) is 40.2 Å². The minimum atomic E-state index is 0.0412. The maximum absolute atomic E-state index is 12.2. The van der Waals surface area contributed by atoms with E-state index in [-0.39, 0.29) is 5.91 Å². The number of benzene rings is 1. The van der Waals surface area contributed by atoms with E-state index in [1.807, 2.05) is 35.2 Å². The molecule has 0 bridgehead atoms. The molecule has 5 heteroatoms. The third kappa shape index (κ3) is 2.98. The highest BCUT2D eigenvalue weighted by atomic mass is 35.5. The van der Waals surface area contributed by atoms with E-state index in [0.717, 1.165) is 39.5 Å². The van der Waals surface area contributed by atoms with E-state index in [2.05, 4.69) is 0 Å². The molecule has 1 aliphatic rings. The summed E-state index contributed by atoms with van der Waals surface area (Å²) >= 11 is 7.97. The largest absolute Gasteiger partial charge is 0.339 e. The van der Waals surface area contributed by atoms with Gasteiger partial charge in [0.25, 0.3) is 0 Å². The highest BCUT2D eigenvalue weighted by Crippen LogP contribution is 2.35. The third-order valence-corrected chi connectivity index (χ3v) is 5.52. The summed E-state index contributed by atoms with van der Waals surface area (Å²) in [6, 6.07) is 8.00. The van der Waals surface area contributed by atoms with Crippen LogP contribution in [0, 0.1) is 5.92 Å². The number of hydrogen-bond donors (Lipinski definition) is 1. The average molecular weight is 321 g/mol. The van der Waals surface area contributed by atoms with Crippen LogP contribution in [0.25, 0.3) is 16.2 Å². The second-order valence-corrected chi connectivity index (χ2v) is 6.75. The minimum Gasteiger partial charge on any atom is -0.339 e. The van der Waals surface area contributed by atoms with Crippen LogP contribution in [-0.4, -0.2) is 30.4 Å². The molecule has 110 valence electrons. The van der Waals surface area contributed by atoms with Crippen molar-refractivity contribution >= 4 is 45.0 Å². The Bertz CT molecular complexity index is 695. The molecule has 2 aromatic rings. The Hall–Kier alpha value is -1.36. The van der Waals surface area contributed by atoms with Crippen molar-refractivity contribution in [2.75, 3.05) is 19.6 Å². The van der Waals surface area contributed by atoms with Gasteiger partial charge in [0.15, 0.2) is 0 Å². The lowest BCUT2D eigenvalue weighted by Gasteiger charge is -2.13. The predicted molar refractivity (Wildman–Crippen MR) is 89.6 cm³/mol. The van der Waals surface area contributed by atoms with Gasteiger partial charge < -0.3 is 10.6 Å². The molecular weight excluding hydrogens is 304 g/mol. The summed E-state index contributed by atoms with van der Waals surface area (Å²) < 4.78 is 1.14. The molecule has 1 amide bonds. The van der Waals surface area contributed by atoms with Crippen molar-refractivity contribution in [2.24, 2.45) is 11.7 Å². The van der Waals surface area contributed by atoms with Crippen molar-refractivity contribution in [3.63, 3.8) is 0 Å². The molecule has 0 saturated carbocycles. The minimum absolute atomic E-state index is 0.0412. The highest BCUT2D eigenvalue weighted by molar-refractivity contribution is 7.20. The standard InChI is InChI=1S/C16H17ClN2OS/c17-16-12-3-1-2-4-13(12)21-14(16)5-6-15(20)19-8-7-11(9-18)10-19/h1-6,11H,7-10,18H2. The molecule has 1 saturated heterocycles. The van der Waals surface area contributed by atoms with Gasteiger partial charge >= 0.3 is 0 Å².